The number of carbonyl (C=O) groups is 2. The van der Waals surface area contributed by atoms with Gasteiger partial charge in [0.05, 0.1) is 12.2 Å². The SMILES string of the molecule is CCOC(=O)C1=CN(C(=O)O)CCC1OS(=O)(=O)C(F)(F)F. The normalized spacial score (nSPS) is 19.5. The van der Waals surface area contributed by atoms with Crippen molar-refractivity contribution in [1.29, 1.82) is 0 Å². The van der Waals surface area contributed by atoms with Gasteiger partial charge in [-0.1, -0.05) is 0 Å². The van der Waals surface area contributed by atoms with E-state index in [1.54, 1.807) is 0 Å². The van der Waals surface area contributed by atoms with Gasteiger partial charge in [0.25, 0.3) is 0 Å². The van der Waals surface area contributed by atoms with Gasteiger partial charge in [-0.3, -0.25) is 9.08 Å². The summed E-state index contributed by atoms with van der Waals surface area (Å²) in [5.74, 6) is -1.16. The van der Waals surface area contributed by atoms with Crippen molar-refractivity contribution in [2.24, 2.45) is 0 Å². The first-order chi connectivity index (χ1) is 9.99. The molecular weight excluding hydrogens is 335 g/mol. The molecule has 1 atom stereocenters. The zero-order chi connectivity index (χ0) is 17.1. The second-order valence-electron chi connectivity index (χ2n) is 4.05. The molecule has 126 valence electrons. The smallest absolute Gasteiger partial charge is 0.465 e. The highest BCUT2D eigenvalue weighted by Crippen LogP contribution is 2.30. The third-order valence-electron chi connectivity index (χ3n) is 2.56. The van der Waals surface area contributed by atoms with Gasteiger partial charge in [0, 0.05) is 12.7 Å². The van der Waals surface area contributed by atoms with E-state index in [1.807, 2.05) is 0 Å². The van der Waals surface area contributed by atoms with Crippen LogP contribution in [0, 0.1) is 0 Å². The summed E-state index contributed by atoms with van der Waals surface area (Å²) in [4.78, 5) is 23.1. The molecule has 0 bridgehead atoms. The number of amides is 1. The lowest BCUT2D eigenvalue weighted by atomic mass is 10.0. The number of rotatable bonds is 4. The lowest BCUT2D eigenvalue weighted by molar-refractivity contribution is -0.140. The Bertz CT molecular complexity index is 584. The maximum atomic E-state index is 12.3. The van der Waals surface area contributed by atoms with Crippen LogP contribution in [0.2, 0.25) is 0 Å². The average Bonchev–Trinajstić information content (AvgIpc) is 2.37. The Morgan fingerprint density at radius 3 is 2.50 bits per heavy atom. The minimum Gasteiger partial charge on any atom is -0.465 e. The molecule has 1 rings (SSSR count). The molecular formula is C10H12F3NO7S. The zero-order valence-corrected chi connectivity index (χ0v) is 12.0. The summed E-state index contributed by atoms with van der Waals surface area (Å²) in [6.07, 6.45) is -2.99. The first-order valence-corrected chi connectivity index (χ1v) is 7.28. The first kappa shape index (κ1) is 18.2. The van der Waals surface area contributed by atoms with Crippen LogP contribution in [0.3, 0.4) is 0 Å². The lowest BCUT2D eigenvalue weighted by Gasteiger charge is -2.28. The summed E-state index contributed by atoms with van der Waals surface area (Å²) < 4.78 is 67.5. The van der Waals surface area contributed by atoms with E-state index in [2.05, 4.69) is 8.92 Å². The van der Waals surface area contributed by atoms with Crippen molar-refractivity contribution in [2.75, 3.05) is 13.2 Å². The Labute approximate surface area is 123 Å². The highest BCUT2D eigenvalue weighted by atomic mass is 32.2. The van der Waals surface area contributed by atoms with E-state index in [-0.39, 0.29) is 13.2 Å². The van der Waals surface area contributed by atoms with Crippen LogP contribution in [0.5, 0.6) is 0 Å². The van der Waals surface area contributed by atoms with Gasteiger partial charge in [-0.15, -0.1) is 0 Å². The van der Waals surface area contributed by atoms with Crippen LogP contribution in [-0.2, 0) is 23.8 Å². The zero-order valence-electron chi connectivity index (χ0n) is 11.2. The highest BCUT2D eigenvalue weighted by molar-refractivity contribution is 7.87. The van der Waals surface area contributed by atoms with E-state index in [1.165, 1.54) is 6.92 Å². The molecule has 0 aromatic rings. The minimum atomic E-state index is -5.93. The maximum Gasteiger partial charge on any atom is 0.523 e. The van der Waals surface area contributed by atoms with Gasteiger partial charge >= 0.3 is 27.7 Å². The van der Waals surface area contributed by atoms with Crippen LogP contribution >= 0.6 is 0 Å². The average molecular weight is 347 g/mol. The summed E-state index contributed by atoms with van der Waals surface area (Å²) in [5.41, 5.74) is -6.28. The van der Waals surface area contributed by atoms with Crippen molar-refractivity contribution in [2.45, 2.75) is 25.0 Å². The van der Waals surface area contributed by atoms with E-state index < -0.39 is 45.8 Å². The molecule has 12 heteroatoms. The van der Waals surface area contributed by atoms with Gasteiger partial charge in [0.2, 0.25) is 0 Å². The lowest BCUT2D eigenvalue weighted by Crippen LogP contribution is -2.40. The Balaban J connectivity index is 3.10. The van der Waals surface area contributed by atoms with Crippen molar-refractivity contribution in [1.82, 2.24) is 4.90 Å². The molecule has 1 amide bonds. The highest BCUT2D eigenvalue weighted by Gasteiger charge is 2.50. The van der Waals surface area contributed by atoms with Crippen LogP contribution in [0.25, 0.3) is 0 Å². The van der Waals surface area contributed by atoms with Gasteiger partial charge in [0.1, 0.15) is 6.10 Å². The summed E-state index contributed by atoms with van der Waals surface area (Å²) in [6, 6.07) is 0. The van der Waals surface area contributed by atoms with E-state index >= 15 is 0 Å². The van der Waals surface area contributed by atoms with E-state index in [9.17, 15) is 31.2 Å². The van der Waals surface area contributed by atoms with Crippen LogP contribution in [0.15, 0.2) is 11.8 Å². The molecule has 1 heterocycles. The number of carboxylic acid groups (broad SMARTS) is 1. The standard InChI is InChI=1S/C10H12F3NO7S/c1-2-20-8(15)6-5-14(9(16)17)4-3-7(6)21-22(18,19)10(11,12)13/h5,7H,2-4H2,1H3,(H,16,17). The monoisotopic (exact) mass is 347 g/mol. The Morgan fingerprint density at radius 1 is 1.45 bits per heavy atom. The van der Waals surface area contributed by atoms with Gasteiger partial charge in [-0.05, 0) is 13.3 Å². The third-order valence-corrected chi connectivity index (χ3v) is 3.61. The molecule has 0 aromatic heterocycles. The minimum absolute atomic E-state index is 0.137. The molecule has 0 aromatic carbocycles. The molecule has 0 saturated carbocycles. The maximum absolute atomic E-state index is 12.3. The third kappa shape index (κ3) is 4.10. The number of alkyl halides is 3. The molecule has 0 fully saturated rings. The van der Waals surface area contributed by atoms with Crippen LogP contribution in [0.1, 0.15) is 13.3 Å². The summed E-state index contributed by atoms with van der Waals surface area (Å²) >= 11 is 0. The van der Waals surface area contributed by atoms with Gasteiger partial charge < -0.3 is 9.84 Å². The van der Waals surface area contributed by atoms with Gasteiger partial charge in [-0.25, -0.2) is 9.59 Å². The predicted octanol–water partition coefficient (Wildman–Crippen LogP) is 1.05. The Morgan fingerprint density at radius 2 is 2.05 bits per heavy atom. The number of hydrogen-bond donors (Lipinski definition) is 1. The van der Waals surface area contributed by atoms with Crippen molar-refractivity contribution in [3.8, 4) is 0 Å². The number of nitrogens with zero attached hydrogens (tertiary/aromatic N) is 1. The molecule has 0 radical (unpaired) electrons. The van der Waals surface area contributed by atoms with E-state index in [0.717, 1.165) is 0 Å². The Kier molecular flexibility index (Phi) is 5.40. The summed E-state index contributed by atoms with van der Waals surface area (Å²) in [5, 5.41) is 8.81. The summed E-state index contributed by atoms with van der Waals surface area (Å²) in [6.45, 7) is 0.941. The van der Waals surface area contributed by atoms with E-state index in [0.29, 0.717) is 11.1 Å². The largest absolute Gasteiger partial charge is 0.523 e. The van der Waals surface area contributed by atoms with E-state index in [4.69, 9.17) is 5.11 Å². The second-order valence-corrected chi connectivity index (χ2v) is 5.62. The number of carbonyl (C=O) groups excluding carboxylic acids is 1. The second kappa shape index (κ2) is 6.52. The number of halogens is 3. The molecule has 0 spiro atoms. The molecule has 22 heavy (non-hydrogen) atoms. The van der Waals surface area contributed by atoms with Crippen molar-refractivity contribution >= 4 is 22.2 Å². The molecule has 0 saturated heterocycles. The fourth-order valence-corrected chi connectivity index (χ4v) is 2.20. The first-order valence-electron chi connectivity index (χ1n) is 5.87. The number of esters is 1. The summed E-state index contributed by atoms with van der Waals surface area (Å²) in [7, 11) is -5.93. The quantitative estimate of drug-likeness (QED) is 0.460. The fourth-order valence-electron chi connectivity index (χ4n) is 1.58. The molecule has 1 N–H and O–H groups in total. The molecule has 1 unspecified atom stereocenters. The van der Waals surface area contributed by atoms with Crippen molar-refractivity contribution < 1.29 is 45.2 Å². The van der Waals surface area contributed by atoms with Crippen LogP contribution < -0.4 is 0 Å². The number of hydrogen-bond acceptors (Lipinski definition) is 6. The molecule has 0 aliphatic carbocycles. The molecule has 8 nitrogen and oxygen atoms in total. The molecule has 1 aliphatic heterocycles. The number of ether oxygens (including phenoxy) is 1. The van der Waals surface area contributed by atoms with Crippen LogP contribution in [-0.4, -0.2) is 55.3 Å². The van der Waals surface area contributed by atoms with Crippen LogP contribution in [0.4, 0.5) is 18.0 Å². The molecule has 1 aliphatic rings. The fraction of sp³-hybridized carbons (Fsp3) is 0.600. The predicted molar refractivity (Wildman–Crippen MR) is 63.9 cm³/mol. The van der Waals surface area contributed by atoms with Gasteiger partial charge in [0.15, 0.2) is 0 Å². The van der Waals surface area contributed by atoms with Gasteiger partial charge in [-0.2, -0.15) is 21.6 Å². The Hall–Kier alpha value is -1.82. The topological polar surface area (TPSA) is 110 Å². The van der Waals surface area contributed by atoms with Crippen molar-refractivity contribution in [3.05, 3.63) is 11.8 Å². The van der Waals surface area contributed by atoms with Crippen molar-refractivity contribution in [3.63, 3.8) is 0 Å².